The lowest BCUT2D eigenvalue weighted by Crippen LogP contribution is -2.40. The van der Waals surface area contributed by atoms with Gasteiger partial charge in [-0.2, -0.15) is 5.26 Å². The third-order valence-electron chi connectivity index (χ3n) is 5.20. The van der Waals surface area contributed by atoms with Crippen LogP contribution < -0.4 is 4.90 Å². The maximum atomic E-state index is 12.8. The maximum Gasteiger partial charge on any atom is 0.240 e. The van der Waals surface area contributed by atoms with Crippen molar-refractivity contribution in [1.82, 2.24) is 9.97 Å². The Morgan fingerprint density at radius 3 is 2.14 bits per heavy atom. The Morgan fingerprint density at radius 2 is 1.68 bits per heavy atom. The largest absolute Gasteiger partial charge is 0.367 e. The third kappa shape index (κ3) is 1.43. The van der Waals surface area contributed by atoms with Crippen molar-refractivity contribution >= 4 is 17.5 Å². The van der Waals surface area contributed by atoms with Crippen LogP contribution in [0.15, 0.2) is 12.4 Å². The molecule has 22 heavy (non-hydrogen) atoms. The average Bonchev–Trinajstić information content (AvgIpc) is 3.04. The molecular formula is C15H14N4O3. The molecule has 0 saturated carbocycles. The summed E-state index contributed by atoms with van der Waals surface area (Å²) in [6, 6.07) is 1.81. The average molecular weight is 298 g/mol. The van der Waals surface area contributed by atoms with E-state index in [2.05, 4.69) is 9.97 Å². The Balaban J connectivity index is 1.77. The van der Waals surface area contributed by atoms with Crippen LogP contribution >= 0.6 is 0 Å². The number of nitrogens with zero attached hydrogens (tertiary/aromatic N) is 4. The van der Waals surface area contributed by atoms with E-state index in [0.29, 0.717) is 5.69 Å². The molecule has 4 heterocycles. The summed E-state index contributed by atoms with van der Waals surface area (Å²) in [5.41, 5.74) is -0.835. The zero-order chi connectivity index (χ0) is 15.7. The van der Waals surface area contributed by atoms with Gasteiger partial charge in [-0.3, -0.25) is 9.59 Å². The van der Waals surface area contributed by atoms with Gasteiger partial charge in [-0.05, 0) is 26.7 Å². The number of anilines is 1. The van der Waals surface area contributed by atoms with Crippen molar-refractivity contribution in [1.29, 1.82) is 5.26 Å². The van der Waals surface area contributed by atoms with E-state index in [1.54, 1.807) is 0 Å². The minimum Gasteiger partial charge on any atom is -0.367 e. The van der Waals surface area contributed by atoms with Crippen LogP contribution in [0.2, 0.25) is 0 Å². The van der Waals surface area contributed by atoms with Gasteiger partial charge in [0.15, 0.2) is 0 Å². The van der Waals surface area contributed by atoms with Gasteiger partial charge in [0, 0.05) is 0 Å². The molecule has 0 aromatic carbocycles. The zero-order valence-electron chi connectivity index (χ0n) is 12.2. The monoisotopic (exact) mass is 298 g/mol. The van der Waals surface area contributed by atoms with E-state index in [4.69, 9.17) is 10.00 Å². The summed E-state index contributed by atoms with van der Waals surface area (Å²) in [5, 5.41) is 8.74. The number of imide groups is 1. The van der Waals surface area contributed by atoms with Crippen LogP contribution in [0.25, 0.3) is 0 Å². The maximum absolute atomic E-state index is 12.8. The molecule has 1 aromatic rings. The second kappa shape index (κ2) is 3.90. The number of hydrogen-bond donors (Lipinski definition) is 0. The zero-order valence-corrected chi connectivity index (χ0v) is 12.2. The van der Waals surface area contributed by atoms with E-state index in [9.17, 15) is 9.59 Å². The van der Waals surface area contributed by atoms with Gasteiger partial charge in [0.05, 0.1) is 41.1 Å². The second-order valence-electron chi connectivity index (χ2n) is 6.57. The smallest absolute Gasteiger partial charge is 0.240 e. The molecule has 0 spiro atoms. The van der Waals surface area contributed by atoms with Gasteiger partial charge >= 0.3 is 0 Å². The molecule has 0 N–H and O–H groups in total. The summed E-state index contributed by atoms with van der Waals surface area (Å²) in [6.07, 6.45) is 4.24. The number of carbonyl (C=O) groups is 2. The Hall–Kier alpha value is -2.33. The lowest BCUT2D eigenvalue weighted by Gasteiger charge is -2.27. The number of fused-ring (bicyclic) bond motifs is 5. The number of hydrogen-bond acceptors (Lipinski definition) is 6. The topological polar surface area (TPSA) is 96.2 Å². The van der Waals surface area contributed by atoms with Gasteiger partial charge in [0.2, 0.25) is 17.6 Å². The molecule has 0 unspecified atom stereocenters. The fourth-order valence-corrected chi connectivity index (χ4v) is 4.22. The molecule has 3 saturated heterocycles. The van der Waals surface area contributed by atoms with Crippen LogP contribution in [-0.4, -0.2) is 33.0 Å². The first-order valence-electron chi connectivity index (χ1n) is 7.20. The first-order valence-corrected chi connectivity index (χ1v) is 7.20. The summed E-state index contributed by atoms with van der Waals surface area (Å²) in [6.45, 7) is 3.82. The number of rotatable bonds is 1. The van der Waals surface area contributed by atoms with Crippen LogP contribution in [-0.2, 0) is 14.3 Å². The fraction of sp³-hybridized carbons (Fsp3) is 0.533. The lowest BCUT2D eigenvalue weighted by molar-refractivity contribution is -0.129. The first kappa shape index (κ1) is 13.3. The van der Waals surface area contributed by atoms with Crippen molar-refractivity contribution in [2.75, 3.05) is 4.90 Å². The van der Waals surface area contributed by atoms with Gasteiger partial charge in [0.25, 0.3) is 0 Å². The van der Waals surface area contributed by atoms with Crippen molar-refractivity contribution in [3.05, 3.63) is 18.2 Å². The van der Waals surface area contributed by atoms with Crippen molar-refractivity contribution in [3.8, 4) is 6.07 Å². The molecule has 7 nitrogen and oxygen atoms in total. The number of nitriles is 1. The molecule has 3 aliphatic heterocycles. The standard InChI is InChI=1S/C15H14N4O3/c1-14-3-4-15(2,22-14)11-10(14)12(20)19(13(11)21)8-6-17-9(5-16)18-7-8/h6-7,10-11H,3-4H2,1-2H3/t10-,11+,14-,15+. The van der Waals surface area contributed by atoms with E-state index in [0.717, 1.165) is 17.7 Å². The van der Waals surface area contributed by atoms with Crippen molar-refractivity contribution < 1.29 is 14.3 Å². The van der Waals surface area contributed by atoms with E-state index in [1.165, 1.54) is 12.4 Å². The predicted molar refractivity (Wildman–Crippen MR) is 73.3 cm³/mol. The Labute approximate surface area is 126 Å². The molecule has 112 valence electrons. The molecule has 4 atom stereocenters. The van der Waals surface area contributed by atoms with E-state index >= 15 is 0 Å². The number of aromatic nitrogens is 2. The highest BCUT2D eigenvalue weighted by Gasteiger charge is 2.72. The van der Waals surface area contributed by atoms with Crippen LogP contribution in [0.1, 0.15) is 32.5 Å². The highest BCUT2D eigenvalue weighted by Crippen LogP contribution is 2.60. The van der Waals surface area contributed by atoms with E-state index < -0.39 is 23.0 Å². The number of ether oxygens (including phenoxy) is 1. The lowest BCUT2D eigenvalue weighted by atomic mass is 9.69. The summed E-state index contributed by atoms with van der Waals surface area (Å²) in [4.78, 5) is 34.4. The molecular weight excluding hydrogens is 284 g/mol. The van der Waals surface area contributed by atoms with Crippen molar-refractivity contribution in [3.63, 3.8) is 0 Å². The van der Waals surface area contributed by atoms with Gasteiger partial charge in [-0.1, -0.05) is 0 Å². The Bertz CT molecular complexity index is 706. The molecule has 7 heteroatoms. The molecule has 2 bridgehead atoms. The van der Waals surface area contributed by atoms with E-state index in [1.807, 2.05) is 19.9 Å². The Morgan fingerprint density at radius 1 is 1.18 bits per heavy atom. The van der Waals surface area contributed by atoms with Crippen LogP contribution in [0.4, 0.5) is 5.69 Å². The highest BCUT2D eigenvalue weighted by atomic mass is 16.5. The summed E-state index contributed by atoms with van der Waals surface area (Å²) in [5.74, 6) is -1.40. The minimum atomic E-state index is -0.575. The highest BCUT2D eigenvalue weighted by molar-refractivity contribution is 6.23. The van der Waals surface area contributed by atoms with Gasteiger partial charge in [-0.25, -0.2) is 14.9 Å². The quantitative estimate of drug-likeness (QED) is 0.711. The molecule has 1 aromatic heterocycles. The third-order valence-corrected chi connectivity index (χ3v) is 5.20. The molecule has 0 aliphatic carbocycles. The van der Waals surface area contributed by atoms with Gasteiger partial charge < -0.3 is 4.74 Å². The normalized spacial score (nSPS) is 39.2. The van der Waals surface area contributed by atoms with Gasteiger partial charge in [0.1, 0.15) is 6.07 Å². The Kier molecular flexibility index (Phi) is 2.36. The predicted octanol–water partition coefficient (Wildman–Crippen LogP) is 0.795. The minimum absolute atomic E-state index is 0.00497. The van der Waals surface area contributed by atoms with Crippen molar-refractivity contribution in [2.24, 2.45) is 11.8 Å². The fourth-order valence-electron chi connectivity index (χ4n) is 4.22. The number of carbonyl (C=O) groups excluding carboxylic acids is 2. The summed E-state index contributed by atoms with van der Waals surface area (Å²) < 4.78 is 6.03. The van der Waals surface area contributed by atoms with Crippen LogP contribution in [0.3, 0.4) is 0 Å². The van der Waals surface area contributed by atoms with Gasteiger partial charge in [-0.15, -0.1) is 0 Å². The van der Waals surface area contributed by atoms with Crippen molar-refractivity contribution in [2.45, 2.75) is 37.9 Å². The molecule has 4 rings (SSSR count). The molecule has 0 radical (unpaired) electrons. The summed E-state index contributed by atoms with van der Waals surface area (Å²) >= 11 is 0. The van der Waals surface area contributed by atoms with E-state index in [-0.39, 0.29) is 17.6 Å². The SMILES string of the molecule is C[C@]12CC[C@](C)(O1)[C@@H]1C(=O)N(c3cnc(C#N)nc3)C(=O)[C@@H]12. The molecule has 2 amide bonds. The molecule has 3 aliphatic rings. The second-order valence-corrected chi connectivity index (χ2v) is 6.57. The number of amides is 2. The molecule has 3 fully saturated rings. The van der Waals surface area contributed by atoms with Crippen LogP contribution in [0.5, 0.6) is 0 Å². The summed E-state index contributed by atoms with van der Waals surface area (Å²) in [7, 11) is 0. The van der Waals surface area contributed by atoms with Crippen LogP contribution in [0, 0.1) is 23.2 Å². The first-order chi connectivity index (χ1) is 10.4.